The van der Waals surface area contributed by atoms with Gasteiger partial charge in [-0.3, -0.25) is 4.79 Å². The van der Waals surface area contributed by atoms with Crippen LogP contribution in [0.1, 0.15) is 57.8 Å². The average molecular weight is 270 g/mol. The minimum absolute atomic E-state index is 0.0308. The number of carbonyl (C=O) groups is 1. The van der Waals surface area contributed by atoms with Crippen molar-refractivity contribution in [3.05, 3.63) is 0 Å². The van der Waals surface area contributed by atoms with Crippen molar-refractivity contribution in [1.82, 2.24) is 0 Å². The number of rotatable bonds is 5. The Morgan fingerprint density at radius 2 is 1.94 bits per heavy atom. The molecule has 2 rings (SSSR count). The first kappa shape index (κ1) is 14.2. The lowest BCUT2D eigenvalue weighted by atomic mass is 9.70. The summed E-state index contributed by atoms with van der Waals surface area (Å²) in [6.45, 7) is 0. The van der Waals surface area contributed by atoms with E-state index in [9.17, 15) is 4.79 Å². The Bertz CT molecular complexity index is 267. The van der Waals surface area contributed by atoms with Crippen LogP contribution in [-0.4, -0.2) is 24.1 Å². The van der Waals surface area contributed by atoms with Crippen LogP contribution in [0.25, 0.3) is 0 Å². The molecular formula is C15H26O2S. The zero-order chi connectivity index (χ0) is 12.8. The lowest BCUT2D eigenvalue weighted by molar-refractivity contribution is -0.152. The van der Waals surface area contributed by atoms with Gasteiger partial charge in [0.05, 0.1) is 0 Å². The Balaban J connectivity index is 1.69. The second-order valence-corrected chi connectivity index (χ2v) is 6.81. The summed E-state index contributed by atoms with van der Waals surface area (Å²) in [5, 5.41) is 0. The summed E-state index contributed by atoms with van der Waals surface area (Å²) in [5.41, 5.74) is 0. The monoisotopic (exact) mass is 270 g/mol. The van der Waals surface area contributed by atoms with Crippen molar-refractivity contribution in [2.45, 2.75) is 63.9 Å². The smallest absolute Gasteiger partial charge is 0.306 e. The normalized spacial score (nSPS) is 31.7. The highest BCUT2D eigenvalue weighted by atomic mass is 32.2. The standard InChI is InChI=1S/C15H26O2S/c1-18-10-4-7-15(16)17-14-9-8-12-5-2-3-6-13(12)11-14/h12-14H,2-11H2,1H3/t12-,13-,14+/m0/s1. The van der Waals surface area contributed by atoms with Gasteiger partial charge in [-0.15, -0.1) is 0 Å². The molecule has 0 spiro atoms. The van der Waals surface area contributed by atoms with Crippen molar-refractivity contribution in [1.29, 1.82) is 0 Å². The van der Waals surface area contributed by atoms with E-state index in [0.717, 1.165) is 36.9 Å². The molecule has 104 valence electrons. The molecule has 0 aliphatic heterocycles. The van der Waals surface area contributed by atoms with Crippen LogP contribution in [0.2, 0.25) is 0 Å². The molecule has 2 aliphatic rings. The van der Waals surface area contributed by atoms with E-state index in [1.807, 2.05) is 0 Å². The highest BCUT2D eigenvalue weighted by Gasteiger charge is 2.33. The van der Waals surface area contributed by atoms with Crippen molar-refractivity contribution in [3.63, 3.8) is 0 Å². The molecular weight excluding hydrogens is 244 g/mol. The molecule has 0 N–H and O–H groups in total. The van der Waals surface area contributed by atoms with E-state index in [4.69, 9.17) is 4.74 Å². The van der Waals surface area contributed by atoms with Crippen LogP contribution in [0.3, 0.4) is 0 Å². The zero-order valence-electron chi connectivity index (χ0n) is 11.5. The van der Waals surface area contributed by atoms with Gasteiger partial charge in [-0.1, -0.05) is 25.7 Å². The van der Waals surface area contributed by atoms with E-state index in [1.165, 1.54) is 32.1 Å². The zero-order valence-corrected chi connectivity index (χ0v) is 12.3. The van der Waals surface area contributed by atoms with E-state index in [2.05, 4.69) is 6.26 Å². The summed E-state index contributed by atoms with van der Waals surface area (Å²) in [4.78, 5) is 11.7. The third-order valence-electron chi connectivity index (χ3n) is 4.52. The van der Waals surface area contributed by atoms with E-state index >= 15 is 0 Å². The van der Waals surface area contributed by atoms with Gasteiger partial charge < -0.3 is 4.74 Å². The third-order valence-corrected chi connectivity index (χ3v) is 5.22. The van der Waals surface area contributed by atoms with E-state index in [1.54, 1.807) is 11.8 Å². The van der Waals surface area contributed by atoms with E-state index in [-0.39, 0.29) is 12.1 Å². The molecule has 2 nitrogen and oxygen atoms in total. The number of esters is 1. The first-order chi connectivity index (χ1) is 8.79. The summed E-state index contributed by atoms with van der Waals surface area (Å²) in [6.07, 6.45) is 13.0. The van der Waals surface area contributed by atoms with E-state index in [0.29, 0.717) is 6.42 Å². The summed E-state index contributed by atoms with van der Waals surface area (Å²) in [7, 11) is 0. The molecule has 0 unspecified atom stereocenters. The maximum Gasteiger partial charge on any atom is 0.306 e. The van der Waals surface area contributed by atoms with Gasteiger partial charge in [0.15, 0.2) is 0 Å². The molecule has 0 saturated heterocycles. The van der Waals surface area contributed by atoms with Gasteiger partial charge >= 0.3 is 5.97 Å². The third kappa shape index (κ3) is 4.18. The number of hydrogen-bond donors (Lipinski definition) is 0. The maximum absolute atomic E-state index is 11.7. The summed E-state index contributed by atoms with van der Waals surface area (Å²) < 4.78 is 5.64. The highest BCUT2D eigenvalue weighted by Crippen LogP contribution is 2.41. The predicted octanol–water partition coefficient (Wildman–Crippen LogP) is 4.03. The van der Waals surface area contributed by atoms with Gasteiger partial charge in [0, 0.05) is 6.42 Å². The fourth-order valence-corrected chi connectivity index (χ4v) is 3.98. The largest absolute Gasteiger partial charge is 0.462 e. The van der Waals surface area contributed by atoms with Crippen LogP contribution in [0.15, 0.2) is 0 Å². The molecule has 2 saturated carbocycles. The molecule has 0 radical (unpaired) electrons. The Morgan fingerprint density at radius 1 is 1.17 bits per heavy atom. The number of thioether (sulfide) groups is 1. The molecule has 0 aromatic carbocycles. The van der Waals surface area contributed by atoms with Gasteiger partial charge in [0.2, 0.25) is 0 Å². The lowest BCUT2D eigenvalue weighted by Gasteiger charge is -2.38. The van der Waals surface area contributed by atoms with Crippen LogP contribution in [-0.2, 0) is 9.53 Å². The molecule has 0 heterocycles. The fraction of sp³-hybridized carbons (Fsp3) is 0.933. The van der Waals surface area contributed by atoms with Crippen LogP contribution < -0.4 is 0 Å². The van der Waals surface area contributed by atoms with Crippen molar-refractivity contribution in [2.24, 2.45) is 11.8 Å². The molecule has 3 atom stereocenters. The first-order valence-electron chi connectivity index (χ1n) is 7.48. The fourth-order valence-electron chi connectivity index (χ4n) is 3.54. The molecule has 0 aromatic heterocycles. The molecule has 2 fully saturated rings. The average Bonchev–Trinajstić information content (AvgIpc) is 2.39. The van der Waals surface area contributed by atoms with Gasteiger partial charge in [-0.25, -0.2) is 0 Å². The van der Waals surface area contributed by atoms with Crippen molar-refractivity contribution in [2.75, 3.05) is 12.0 Å². The Kier molecular flexibility index (Phi) is 5.87. The molecule has 2 aliphatic carbocycles. The number of ether oxygens (including phenoxy) is 1. The molecule has 0 aromatic rings. The van der Waals surface area contributed by atoms with Gasteiger partial charge in [-0.05, 0) is 49.5 Å². The number of fused-ring (bicyclic) bond motifs is 1. The van der Waals surface area contributed by atoms with E-state index < -0.39 is 0 Å². The van der Waals surface area contributed by atoms with Gasteiger partial charge in [-0.2, -0.15) is 11.8 Å². The number of hydrogen-bond acceptors (Lipinski definition) is 3. The van der Waals surface area contributed by atoms with Gasteiger partial charge in [0.1, 0.15) is 6.10 Å². The van der Waals surface area contributed by atoms with Crippen LogP contribution in [0, 0.1) is 11.8 Å². The Hall–Kier alpha value is -0.180. The quantitative estimate of drug-likeness (QED) is 0.557. The minimum Gasteiger partial charge on any atom is -0.462 e. The SMILES string of the molecule is CSCCCC(=O)O[C@@H]1CC[C@@H]2CCCC[C@H]2C1. The molecule has 0 bridgehead atoms. The van der Waals surface area contributed by atoms with Crippen molar-refractivity contribution in [3.8, 4) is 0 Å². The Morgan fingerprint density at radius 3 is 2.72 bits per heavy atom. The van der Waals surface area contributed by atoms with Gasteiger partial charge in [0.25, 0.3) is 0 Å². The second-order valence-electron chi connectivity index (χ2n) is 5.83. The van der Waals surface area contributed by atoms with Crippen LogP contribution in [0.4, 0.5) is 0 Å². The topological polar surface area (TPSA) is 26.3 Å². The Labute approximate surface area is 115 Å². The van der Waals surface area contributed by atoms with Crippen molar-refractivity contribution < 1.29 is 9.53 Å². The maximum atomic E-state index is 11.7. The lowest BCUT2D eigenvalue weighted by Crippen LogP contribution is -2.33. The van der Waals surface area contributed by atoms with Crippen LogP contribution in [0.5, 0.6) is 0 Å². The summed E-state index contributed by atoms with van der Waals surface area (Å²) >= 11 is 1.80. The predicted molar refractivity (Wildman–Crippen MR) is 76.8 cm³/mol. The molecule has 18 heavy (non-hydrogen) atoms. The molecule has 0 amide bonds. The van der Waals surface area contributed by atoms with Crippen molar-refractivity contribution >= 4 is 17.7 Å². The minimum atomic E-state index is 0.0308. The van der Waals surface area contributed by atoms with Crippen LogP contribution >= 0.6 is 11.8 Å². The summed E-state index contributed by atoms with van der Waals surface area (Å²) in [5.74, 6) is 2.87. The highest BCUT2D eigenvalue weighted by molar-refractivity contribution is 7.98. The number of carbonyl (C=O) groups excluding carboxylic acids is 1. The summed E-state index contributed by atoms with van der Waals surface area (Å²) in [6, 6.07) is 0. The molecule has 3 heteroatoms. The second kappa shape index (κ2) is 7.42. The first-order valence-corrected chi connectivity index (χ1v) is 8.87.